The molecule has 0 aliphatic carbocycles. The van der Waals surface area contributed by atoms with E-state index in [1.165, 1.54) is 57.1 Å². The average Bonchev–Trinajstić information content (AvgIpc) is 3.25. The van der Waals surface area contributed by atoms with Gasteiger partial charge in [0.15, 0.2) is 0 Å². The standard InChI is InChI=1S/C42H78N12O12S/c1-18-54(27(6)7)20-19-21-67-24-30(34(57)48(12)29(23-42(8,9)65)32(55)43-31(26(4)5)35(58)47(10)11)49(13)38(61)45-39(62)53(17)41(64)51(15)33(56)28(22-25(2)3)50(14)40(63)52(16)37(60)44-36(59)46-66/h25-31,65-66H,18-24H2,1-17H3,(H,43,55)(H,45,61,62)(H2,44,46,59,60)/t28-,29-,30+,31+/m0/s1. The van der Waals surface area contributed by atoms with Crippen molar-refractivity contribution in [1.82, 2.24) is 60.6 Å². The fourth-order valence-electron chi connectivity index (χ4n) is 6.57. The zero-order chi connectivity index (χ0) is 52.4. The molecule has 0 aliphatic rings. The van der Waals surface area contributed by atoms with Crippen LogP contribution < -0.4 is 21.4 Å². The predicted molar refractivity (Wildman–Crippen MR) is 252 cm³/mol. The molecular formula is C42H78N12O12S. The van der Waals surface area contributed by atoms with Crippen LogP contribution in [0.25, 0.3) is 0 Å². The van der Waals surface area contributed by atoms with Gasteiger partial charge in [0, 0.05) is 74.6 Å². The van der Waals surface area contributed by atoms with Crippen molar-refractivity contribution in [3.63, 3.8) is 0 Å². The number of amides is 16. The van der Waals surface area contributed by atoms with Gasteiger partial charge in [-0.25, -0.2) is 44.0 Å². The maximum Gasteiger partial charge on any atom is 0.346 e. The number of likely N-dealkylation sites (N-methyl/N-ethyl adjacent to an activating group) is 5. The number of thioether (sulfide) groups is 1. The molecular weight excluding hydrogens is 897 g/mol. The van der Waals surface area contributed by atoms with Gasteiger partial charge in [0.1, 0.15) is 24.2 Å². The predicted octanol–water partition coefficient (Wildman–Crippen LogP) is 1.90. The Hall–Kier alpha value is -5.27. The summed E-state index contributed by atoms with van der Waals surface area (Å²) >= 11 is 1.36. The highest BCUT2D eigenvalue weighted by Gasteiger charge is 2.41. The second-order valence-corrected chi connectivity index (χ2v) is 19.3. The lowest BCUT2D eigenvalue weighted by Gasteiger charge is -2.37. The summed E-state index contributed by atoms with van der Waals surface area (Å²) in [5.74, 6) is -2.83. The van der Waals surface area contributed by atoms with Crippen molar-refractivity contribution >= 4 is 71.6 Å². The number of aliphatic hydroxyl groups is 1. The molecule has 6 N–H and O–H groups in total. The Morgan fingerprint density at radius 1 is 0.642 bits per heavy atom. The summed E-state index contributed by atoms with van der Waals surface area (Å²) in [5.41, 5.74) is -0.296. The molecule has 0 aromatic heterocycles. The minimum absolute atomic E-state index is 0.000640. The molecule has 0 aromatic carbocycles. The monoisotopic (exact) mass is 975 g/mol. The van der Waals surface area contributed by atoms with E-state index in [1.807, 2.05) is 6.92 Å². The highest BCUT2D eigenvalue weighted by Crippen LogP contribution is 2.21. The summed E-state index contributed by atoms with van der Waals surface area (Å²) < 4.78 is 0. The smallest absolute Gasteiger partial charge is 0.346 e. The van der Waals surface area contributed by atoms with E-state index >= 15 is 0 Å². The van der Waals surface area contributed by atoms with E-state index in [2.05, 4.69) is 29.4 Å². The maximum absolute atomic E-state index is 14.5. The number of urea groups is 6. The quantitative estimate of drug-likeness (QED) is 0.0545. The van der Waals surface area contributed by atoms with Crippen LogP contribution in [0.15, 0.2) is 0 Å². The van der Waals surface area contributed by atoms with Gasteiger partial charge in [0.05, 0.1) is 5.60 Å². The number of hydrogen-bond donors (Lipinski definition) is 6. The number of carbonyl (C=O) groups excluding carboxylic acids is 10. The molecule has 25 heteroatoms. The van der Waals surface area contributed by atoms with Crippen molar-refractivity contribution in [2.75, 3.05) is 81.0 Å². The molecule has 0 unspecified atom stereocenters. The van der Waals surface area contributed by atoms with Crippen LogP contribution in [0, 0.1) is 11.8 Å². The molecule has 0 aliphatic heterocycles. The Bertz CT molecular complexity index is 1740. The Morgan fingerprint density at radius 3 is 1.64 bits per heavy atom. The number of carbonyl (C=O) groups is 10. The van der Waals surface area contributed by atoms with Gasteiger partial charge < -0.3 is 34.9 Å². The number of hydrogen-bond acceptors (Lipinski definition) is 14. The Labute approximate surface area is 399 Å². The van der Waals surface area contributed by atoms with Gasteiger partial charge in [-0.1, -0.05) is 34.6 Å². The van der Waals surface area contributed by atoms with Crippen LogP contribution >= 0.6 is 11.8 Å². The lowest BCUT2D eigenvalue weighted by atomic mass is 9.95. The third kappa shape index (κ3) is 19.5. The SMILES string of the molecule is CCN(CCCSC[C@H](C(=O)N(C)[C@@H](CC(C)(C)O)C(=O)N[C@@H](C(=O)N(C)C)C(C)C)N(C)C(=O)NC(=O)N(C)C(=O)N(C)C(=O)[C@H](CC(C)C)N(C)C(=O)N(C)C(=O)NC(=O)NO)C(C)C. The molecule has 384 valence electrons. The lowest BCUT2D eigenvalue weighted by Crippen LogP contribution is -2.61. The van der Waals surface area contributed by atoms with E-state index in [9.17, 15) is 53.1 Å². The fourth-order valence-corrected chi connectivity index (χ4v) is 7.66. The number of imide groups is 5. The fraction of sp³-hybridized carbons (Fsp3) is 0.762. The number of nitrogens with zero attached hydrogens (tertiary/aromatic N) is 8. The summed E-state index contributed by atoms with van der Waals surface area (Å²) in [6, 6.07) is -12.0. The summed E-state index contributed by atoms with van der Waals surface area (Å²) in [5, 5.41) is 26.1. The van der Waals surface area contributed by atoms with E-state index < -0.39 is 83.7 Å². The molecule has 0 heterocycles. The molecule has 0 bridgehead atoms. The van der Waals surface area contributed by atoms with Crippen molar-refractivity contribution in [2.24, 2.45) is 11.8 Å². The van der Waals surface area contributed by atoms with Crippen molar-refractivity contribution in [2.45, 2.75) is 117 Å². The van der Waals surface area contributed by atoms with E-state index in [4.69, 9.17) is 5.21 Å². The lowest BCUT2D eigenvalue weighted by molar-refractivity contribution is -0.145. The minimum atomic E-state index is -1.48. The Balaban J connectivity index is 6.68. The van der Waals surface area contributed by atoms with Crippen molar-refractivity contribution in [3.8, 4) is 0 Å². The number of rotatable bonds is 21. The largest absolute Gasteiger partial charge is 0.390 e. The van der Waals surface area contributed by atoms with Gasteiger partial charge in [0.2, 0.25) is 17.7 Å². The van der Waals surface area contributed by atoms with Crippen LogP contribution in [0.5, 0.6) is 0 Å². The third-order valence-electron chi connectivity index (χ3n) is 10.8. The third-order valence-corrected chi connectivity index (χ3v) is 11.9. The summed E-state index contributed by atoms with van der Waals surface area (Å²) in [4.78, 5) is 141. The van der Waals surface area contributed by atoms with E-state index in [1.54, 1.807) is 47.1 Å². The van der Waals surface area contributed by atoms with Gasteiger partial charge in [-0.3, -0.25) is 39.9 Å². The van der Waals surface area contributed by atoms with Crippen LogP contribution in [0.4, 0.5) is 28.8 Å². The van der Waals surface area contributed by atoms with Crippen LogP contribution in [0.1, 0.15) is 81.6 Å². The molecule has 0 saturated heterocycles. The van der Waals surface area contributed by atoms with E-state index in [-0.39, 0.29) is 36.3 Å². The molecule has 0 aromatic rings. The summed E-state index contributed by atoms with van der Waals surface area (Å²) in [6.07, 6.45) is 0.458. The Kier molecular flexibility index (Phi) is 25.9. The van der Waals surface area contributed by atoms with Gasteiger partial charge >= 0.3 is 36.2 Å². The van der Waals surface area contributed by atoms with Crippen molar-refractivity contribution in [1.29, 1.82) is 0 Å². The molecule has 67 heavy (non-hydrogen) atoms. The zero-order valence-electron chi connectivity index (χ0n) is 42.5. The normalized spacial score (nSPS) is 13.2. The van der Waals surface area contributed by atoms with E-state index in [0.717, 1.165) is 55.4 Å². The molecule has 0 fully saturated rings. The van der Waals surface area contributed by atoms with E-state index in [0.29, 0.717) is 26.5 Å². The highest BCUT2D eigenvalue weighted by atomic mass is 32.2. The van der Waals surface area contributed by atoms with Crippen LogP contribution in [-0.4, -0.2) is 226 Å². The van der Waals surface area contributed by atoms with Crippen LogP contribution in [0.2, 0.25) is 0 Å². The van der Waals surface area contributed by atoms with Gasteiger partial charge in [-0.15, -0.1) is 0 Å². The van der Waals surface area contributed by atoms with Gasteiger partial charge in [-0.2, -0.15) is 11.8 Å². The van der Waals surface area contributed by atoms with Gasteiger partial charge in [0.25, 0.3) is 5.91 Å². The Morgan fingerprint density at radius 2 is 1.18 bits per heavy atom. The second-order valence-electron chi connectivity index (χ2n) is 18.2. The molecule has 0 spiro atoms. The molecule has 0 rings (SSSR count). The summed E-state index contributed by atoms with van der Waals surface area (Å²) in [7, 11) is 9.88. The van der Waals surface area contributed by atoms with Gasteiger partial charge in [-0.05, 0) is 71.2 Å². The minimum Gasteiger partial charge on any atom is -0.390 e. The molecule has 24 nitrogen and oxygen atoms in total. The van der Waals surface area contributed by atoms with Crippen molar-refractivity contribution < 1.29 is 58.3 Å². The summed E-state index contributed by atoms with van der Waals surface area (Å²) in [6.45, 7) is 17.7. The number of hydroxylamine groups is 1. The number of nitrogens with one attached hydrogen (secondary N) is 4. The first-order valence-electron chi connectivity index (χ1n) is 22.0. The topological polar surface area (TPSA) is 285 Å². The molecule has 0 saturated carbocycles. The van der Waals surface area contributed by atoms with Crippen LogP contribution in [-0.2, 0) is 19.2 Å². The highest BCUT2D eigenvalue weighted by molar-refractivity contribution is 7.99. The first-order chi connectivity index (χ1) is 30.8. The molecule has 16 amide bonds. The van der Waals surface area contributed by atoms with Crippen LogP contribution in [0.3, 0.4) is 0 Å². The van der Waals surface area contributed by atoms with Crippen molar-refractivity contribution in [3.05, 3.63) is 0 Å². The average molecular weight is 975 g/mol. The second kappa shape index (κ2) is 28.2. The maximum atomic E-state index is 14.5. The first kappa shape index (κ1) is 61.7. The first-order valence-corrected chi connectivity index (χ1v) is 23.1. The molecule has 4 atom stereocenters. The zero-order valence-corrected chi connectivity index (χ0v) is 43.3. The molecule has 0 radical (unpaired) electrons.